The Kier molecular flexibility index (Phi) is 5.84. The smallest absolute Gasteiger partial charge is 0.414 e. The molecule has 0 spiro atoms. The fraction of sp³-hybridized carbons (Fsp3) is 0.579. The highest BCUT2D eigenvalue weighted by Gasteiger charge is 2.33. The van der Waals surface area contributed by atoms with E-state index in [1.165, 1.54) is 17.9 Å². The number of rotatable bonds is 5. The van der Waals surface area contributed by atoms with Gasteiger partial charge in [-0.3, -0.25) is 14.6 Å². The average Bonchev–Trinajstić information content (AvgIpc) is 3.01. The number of piperazine rings is 1. The molecule has 1 aromatic rings. The van der Waals surface area contributed by atoms with Gasteiger partial charge in [-0.1, -0.05) is 0 Å². The number of hydrogen-bond acceptors (Lipinski definition) is 5. The lowest BCUT2D eigenvalue weighted by molar-refractivity contribution is -0.119. The minimum Gasteiger partial charge on any atom is -0.442 e. The highest BCUT2D eigenvalue weighted by molar-refractivity contribution is 5.90. The van der Waals surface area contributed by atoms with Crippen LogP contribution in [0.3, 0.4) is 0 Å². The molecule has 0 bridgehead atoms. The van der Waals surface area contributed by atoms with Gasteiger partial charge in [-0.15, -0.1) is 0 Å². The summed E-state index contributed by atoms with van der Waals surface area (Å²) in [5, 5.41) is 2.63. The maximum atomic E-state index is 14.7. The monoisotopic (exact) mass is 378 g/mol. The number of benzene rings is 1. The summed E-state index contributed by atoms with van der Waals surface area (Å²) in [4.78, 5) is 28.9. The van der Waals surface area contributed by atoms with Crippen LogP contribution < -0.4 is 15.1 Å². The lowest BCUT2D eigenvalue weighted by Crippen LogP contribution is -2.49. The van der Waals surface area contributed by atoms with Gasteiger partial charge in [-0.25, -0.2) is 9.18 Å². The summed E-state index contributed by atoms with van der Waals surface area (Å²) >= 11 is 0. The number of nitrogens with zero attached hydrogens (tertiary/aromatic N) is 3. The molecule has 8 heteroatoms. The first-order valence-corrected chi connectivity index (χ1v) is 9.36. The first kappa shape index (κ1) is 19.4. The Balaban J connectivity index is 1.65. The number of hydrogen-bond donors (Lipinski definition) is 1. The number of cyclic esters (lactones) is 1. The van der Waals surface area contributed by atoms with Crippen molar-refractivity contribution >= 4 is 23.4 Å². The van der Waals surface area contributed by atoms with E-state index in [0.717, 1.165) is 26.2 Å². The van der Waals surface area contributed by atoms with E-state index in [2.05, 4.69) is 24.1 Å². The molecule has 0 radical (unpaired) electrons. The second kappa shape index (κ2) is 8.12. The third-order valence-electron chi connectivity index (χ3n) is 5.08. The lowest BCUT2D eigenvalue weighted by atomic mass is 10.2. The van der Waals surface area contributed by atoms with Gasteiger partial charge in [0.2, 0.25) is 5.91 Å². The van der Waals surface area contributed by atoms with Gasteiger partial charge in [0.15, 0.2) is 0 Å². The van der Waals surface area contributed by atoms with Crippen LogP contribution in [0.15, 0.2) is 18.2 Å². The summed E-state index contributed by atoms with van der Waals surface area (Å²) in [5.41, 5.74) is 1.02. The predicted octanol–water partition coefficient (Wildman–Crippen LogP) is 1.82. The average molecular weight is 378 g/mol. The van der Waals surface area contributed by atoms with Crippen molar-refractivity contribution in [3.05, 3.63) is 24.0 Å². The Bertz CT molecular complexity index is 704. The Morgan fingerprint density at radius 1 is 1.30 bits per heavy atom. The summed E-state index contributed by atoms with van der Waals surface area (Å²) in [5.74, 6) is -0.527. The van der Waals surface area contributed by atoms with Crippen LogP contribution in [0.25, 0.3) is 0 Å². The van der Waals surface area contributed by atoms with Gasteiger partial charge in [0.25, 0.3) is 0 Å². The van der Waals surface area contributed by atoms with Crippen molar-refractivity contribution in [1.82, 2.24) is 10.2 Å². The van der Waals surface area contributed by atoms with E-state index in [-0.39, 0.29) is 24.8 Å². The van der Waals surface area contributed by atoms with E-state index in [9.17, 15) is 14.0 Å². The van der Waals surface area contributed by atoms with Gasteiger partial charge in [0, 0.05) is 39.1 Å². The zero-order chi connectivity index (χ0) is 19.6. The normalized spacial score (nSPS) is 20.9. The molecule has 2 aliphatic rings. The molecule has 1 aromatic carbocycles. The number of carbonyl (C=O) groups is 2. The second-order valence-corrected chi connectivity index (χ2v) is 7.31. The van der Waals surface area contributed by atoms with Crippen LogP contribution in [0.2, 0.25) is 0 Å². The Hall–Kier alpha value is -2.35. The molecule has 0 aromatic heterocycles. The van der Waals surface area contributed by atoms with E-state index in [1.807, 2.05) is 4.90 Å². The molecule has 0 saturated carbocycles. The fourth-order valence-corrected chi connectivity index (χ4v) is 3.50. The van der Waals surface area contributed by atoms with E-state index in [0.29, 0.717) is 17.4 Å². The zero-order valence-corrected chi connectivity index (χ0v) is 16.1. The van der Waals surface area contributed by atoms with Crippen LogP contribution in [-0.2, 0) is 9.53 Å². The van der Waals surface area contributed by atoms with Crippen LogP contribution >= 0.6 is 0 Å². The number of amides is 2. The van der Waals surface area contributed by atoms with Gasteiger partial charge in [-0.05, 0) is 32.0 Å². The van der Waals surface area contributed by atoms with Crippen LogP contribution in [0.4, 0.5) is 20.6 Å². The fourth-order valence-electron chi connectivity index (χ4n) is 3.50. The van der Waals surface area contributed by atoms with Gasteiger partial charge in [0.05, 0.1) is 24.5 Å². The molecular weight excluding hydrogens is 351 g/mol. The highest BCUT2D eigenvalue weighted by Crippen LogP contribution is 2.28. The molecule has 1 unspecified atom stereocenters. The highest BCUT2D eigenvalue weighted by atomic mass is 19.1. The van der Waals surface area contributed by atoms with Gasteiger partial charge in [-0.2, -0.15) is 0 Å². The van der Waals surface area contributed by atoms with Crippen LogP contribution in [0.5, 0.6) is 0 Å². The molecule has 2 aliphatic heterocycles. The van der Waals surface area contributed by atoms with E-state index < -0.39 is 12.2 Å². The summed E-state index contributed by atoms with van der Waals surface area (Å²) in [6.45, 7) is 9.63. The third kappa shape index (κ3) is 4.50. The Morgan fingerprint density at radius 3 is 2.59 bits per heavy atom. The molecule has 2 saturated heterocycles. The number of nitrogens with one attached hydrogen (secondary N) is 1. The first-order chi connectivity index (χ1) is 12.8. The maximum Gasteiger partial charge on any atom is 0.414 e. The molecule has 2 heterocycles. The Labute approximate surface area is 159 Å². The molecule has 2 fully saturated rings. The molecule has 27 heavy (non-hydrogen) atoms. The quantitative estimate of drug-likeness (QED) is 0.847. The molecule has 0 aliphatic carbocycles. The molecule has 1 atom stereocenters. The lowest BCUT2D eigenvalue weighted by Gasteiger charge is -2.38. The maximum absolute atomic E-state index is 14.7. The van der Waals surface area contributed by atoms with Crippen molar-refractivity contribution in [3.8, 4) is 0 Å². The van der Waals surface area contributed by atoms with Crippen molar-refractivity contribution in [2.24, 2.45) is 0 Å². The van der Waals surface area contributed by atoms with Gasteiger partial charge < -0.3 is 15.0 Å². The van der Waals surface area contributed by atoms with Crippen molar-refractivity contribution in [3.63, 3.8) is 0 Å². The van der Waals surface area contributed by atoms with E-state index in [1.54, 1.807) is 12.1 Å². The largest absolute Gasteiger partial charge is 0.442 e. The summed E-state index contributed by atoms with van der Waals surface area (Å²) < 4.78 is 20.0. The minimum absolute atomic E-state index is 0.183. The summed E-state index contributed by atoms with van der Waals surface area (Å²) in [6, 6.07) is 5.34. The van der Waals surface area contributed by atoms with Crippen molar-refractivity contribution in [2.75, 3.05) is 49.1 Å². The Morgan fingerprint density at radius 2 is 2.00 bits per heavy atom. The SMILES string of the molecule is CC(=O)NCC1CN(c2ccc(N3CCN(C(C)C)CC3)c(F)c2)C(=O)O1. The first-order valence-electron chi connectivity index (χ1n) is 9.36. The summed E-state index contributed by atoms with van der Waals surface area (Å²) in [7, 11) is 0. The van der Waals surface area contributed by atoms with Crippen LogP contribution in [0, 0.1) is 5.82 Å². The molecular formula is C19H27FN4O3. The van der Waals surface area contributed by atoms with Crippen LogP contribution in [0.1, 0.15) is 20.8 Å². The van der Waals surface area contributed by atoms with Gasteiger partial charge in [0.1, 0.15) is 11.9 Å². The second-order valence-electron chi connectivity index (χ2n) is 7.31. The molecule has 148 valence electrons. The summed E-state index contributed by atoms with van der Waals surface area (Å²) in [6.07, 6.45) is -0.962. The predicted molar refractivity (Wildman–Crippen MR) is 102 cm³/mol. The van der Waals surface area contributed by atoms with Crippen molar-refractivity contribution in [1.29, 1.82) is 0 Å². The minimum atomic E-state index is -0.525. The molecule has 1 N–H and O–H groups in total. The number of anilines is 2. The molecule has 7 nitrogen and oxygen atoms in total. The van der Waals surface area contributed by atoms with E-state index >= 15 is 0 Å². The van der Waals surface area contributed by atoms with Crippen LogP contribution in [-0.4, -0.2) is 68.3 Å². The van der Waals surface area contributed by atoms with Gasteiger partial charge >= 0.3 is 6.09 Å². The number of ether oxygens (including phenoxy) is 1. The standard InChI is InChI=1S/C19H27FN4O3/c1-13(2)22-6-8-23(9-7-22)18-5-4-15(10-17(18)20)24-12-16(27-19(24)26)11-21-14(3)25/h4-5,10,13,16H,6-9,11-12H2,1-3H3,(H,21,25). The third-order valence-corrected chi connectivity index (χ3v) is 5.08. The van der Waals surface area contributed by atoms with E-state index in [4.69, 9.17) is 4.74 Å². The number of carbonyl (C=O) groups excluding carboxylic acids is 2. The number of halogens is 1. The molecule has 2 amide bonds. The van der Waals surface area contributed by atoms with Crippen molar-refractivity contribution < 1.29 is 18.7 Å². The zero-order valence-electron chi connectivity index (χ0n) is 16.1. The topological polar surface area (TPSA) is 65.1 Å². The van der Waals surface area contributed by atoms with Crippen molar-refractivity contribution in [2.45, 2.75) is 32.9 Å². The molecule has 3 rings (SSSR count).